The van der Waals surface area contributed by atoms with Crippen molar-refractivity contribution in [3.8, 4) is 0 Å². The van der Waals surface area contributed by atoms with Crippen molar-refractivity contribution in [3.05, 3.63) is 12.2 Å². The molecule has 0 atom stereocenters. The first-order valence-corrected chi connectivity index (χ1v) is 1.96. The Balaban J connectivity index is 3.71. The highest BCUT2D eigenvalue weighted by molar-refractivity contribution is 4.90. The van der Waals surface area contributed by atoms with Crippen molar-refractivity contribution >= 4 is 0 Å². The van der Waals surface area contributed by atoms with E-state index in [4.69, 9.17) is 0 Å². The maximum Gasteiger partial charge on any atom is 0.409 e. The lowest BCUT2D eigenvalue weighted by molar-refractivity contribution is -0.0807. The third-order valence-electron chi connectivity index (χ3n) is 0.431. The molecule has 0 fully saturated rings. The molecule has 0 spiro atoms. The van der Waals surface area contributed by atoms with Gasteiger partial charge in [0, 0.05) is 6.08 Å². The number of halogens is 5. The minimum absolute atomic E-state index is 0.208. The van der Waals surface area contributed by atoms with Gasteiger partial charge in [0.2, 0.25) is 0 Å². The van der Waals surface area contributed by atoms with Crippen LogP contribution in [0.3, 0.4) is 0 Å². The van der Waals surface area contributed by atoms with Crippen LogP contribution >= 0.6 is 0 Å². The molecule has 0 aliphatic rings. The predicted octanol–water partition coefficient (Wildman–Crippen LogP) is 2.37. The fourth-order valence-corrected chi connectivity index (χ4v) is 0.182. The molecule has 0 nitrogen and oxygen atoms in total. The smallest absolute Gasteiger partial charge is 0.206 e. The van der Waals surface area contributed by atoms with Gasteiger partial charge in [-0.05, 0) is 6.08 Å². The molecule has 0 saturated heterocycles. The van der Waals surface area contributed by atoms with Crippen LogP contribution in [-0.4, -0.2) is 12.6 Å². The van der Waals surface area contributed by atoms with Crippen LogP contribution in [0.4, 0.5) is 22.0 Å². The Morgan fingerprint density at radius 2 is 1.56 bits per heavy atom. The first-order valence-electron chi connectivity index (χ1n) is 1.96. The summed E-state index contributed by atoms with van der Waals surface area (Å²) in [5.74, 6) is 0. The molecule has 0 rings (SSSR count). The first-order chi connectivity index (χ1) is 3.92. The van der Waals surface area contributed by atoms with Gasteiger partial charge in [0.25, 0.3) is 6.43 Å². The van der Waals surface area contributed by atoms with Crippen molar-refractivity contribution in [1.29, 1.82) is 0 Å². The summed E-state index contributed by atoms with van der Waals surface area (Å²) in [5, 5.41) is 0. The summed E-state index contributed by atoms with van der Waals surface area (Å²) in [6, 6.07) is 0. The molecular weight excluding hydrogens is 143 g/mol. The zero-order valence-corrected chi connectivity index (χ0v) is 4.12. The maximum absolute atomic E-state index is 11.0. The molecule has 0 aliphatic heterocycles. The van der Waals surface area contributed by atoms with Gasteiger partial charge in [-0.2, -0.15) is 13.2 Å². The molecule has 0 unspecified atom stereocenters. The van der Waals surface area contributed by atoms with E-state index in [-0.39, 0.29) is 6.08 Å². The summed E-state index contributed by atoms with van der Waals surface area (Å²) in [7, 11) is 0. The Morgan fingerprint density at radius 1 is 1.11 bits per heavy atom. The van der Waals surface area contributed by atoms with Gasteiger partial charge in [0.05, 0.1) is 0 Å². The average Bonchev–Trinajstić information content (AvgIpc) is 1.59. The van der Waals surface area contributed by atoms with E-state index in [0.717, 1.165) is 0 Å². The molecule has 9 heavy (non-hydrogen) atoms. The summed E-state index contributed by atoms with van der Waals surface area (Å²) in [6.45, 7) is 0. The second-order valence-electron chi connectivity index (χ2n) is 1.24. The van der Waals surface area contributed by atoms with Crippen LogP contribution in [0.5, 0.6) is 0 Å². The lowest BCUT2D eigenvalue weighted by Crippen LogP contribution is -2.01. The van der Waals surface area contributed by atoms with Gasteiger partial charge >= 0.3 is 6.18 Å². The van der Waals surface area contributed by atoms with E-state index in [9.17, 15) is 22.0 Å². The number of rotatable bonds is 1. The Bertz CT molecular complexity index is 100. The van der Waals surface area contributed by atoms with Gasteiger partial charge < -0.3 is 0 Å². The summed E-state index contributed by atoms with van der Waals surface area (Å²) in [4.78, 5) is 0. The van der Waals surface area contributed by atoms with Crippen LogP contribution < -0.4 is 0 Å². The molecule has 54 valence electrons. The largest absolute Gasteiger partial charge is 0.409 e. The second-order valence-corrected chi connectivity index (χ2v) is 1.24. The van der Waals surface area contributed by atoms with E-state index in [0.29, 0.717) is 0 Å². The van der Waals surface area contributed by atoms with Crippen molar-refractivity contribution in [2.24, 2.45) is 0 Å². The van der Waals surface area contributed by atoms with Crippen LogP contribution in [0.15, 0.2) is 12.2 Å². The minimum atomic E-state index is -4.63. The number of hydrogen-bond acceptors (Lipinski definition) is 0. The van der Waals surface area contributed by atoms with Gasteiger partial charge in [0.15, 0.2) is 0 Å². The van der Waals surface area contributed by atoms with E-state index < -0.39 is 18.7 Å². The zero-order valence-electron chi connectivity index (χ0n) is 4.12. The van der Waals surface area contributed by atoms with Crippen molar-refractivity contribution in [2.45, 2.75) is 12.6 Å². The Labute approximate surface area is 48.0 Å². The molecule has 0 N–H and O–H groups in total. The van der Waals surface area contributed by atoms with E-state index >= 15 is 0 Å². The molecule has 5 heteroatoms. The van der Waals surface area contributed by atoms with E-state index in [1.165, 1.54) is 0 Å². The molecular formula is C4H3F5. The highest BCUT2D eigenvalue weighted by atomic mass is 19.4. The van der Waals surface area contributed by atoms with E-state index in [1.807, 2.05) is 0 Å². The van der Waals surface area contributed by atoms with E-state index in [2.05, 4.69) is 0 Å². The minimum Gasteiger partial charge on any atom is -0.206 e. The second kappa shape index (κ2) is 2.80. The third-order valence-corrected chi connectivity index (χ3v) is 0.431. The van der Waals surface area contributed by atoms with Crippen molar-refractivity contribution in [3.63, 3.8) is 0 Å². The molecule has 0 aliphatic carbocycles. The number of allylic oxidation sites excluding steroid dienone is 2. The molecule has 0 aromatic heterocycles. The van der Waals surface area contributed by atoms with Gasteiger partial charge in [-0.15, -0.1) is 0 Å². The molecule has 0 bridgehead atoms. The fraction of sp³-hybridized carbons (Fsp3) is 0.500. The van der Waals surface area contributed by atoms with Crippen molar-refractivity contribution in [1.82, 2.24) is 0 Å². The molecule has 0 radical (unpaired) electrons. The van der Waals surface area contributed by atoms with Crippen LogP contribution in [0, 0.1) is 0 Å². The SMILES string of the molecule is FC(F)C=CC(F)(F)F. The number of alkyl halides is 5. The standard InChI is InChI=1S/C4H3F5/c5-3(6)1-2-4(7,8)9/h1-3H. The van der Waals surface area contributed by atoms with Crippen LogP contribution in [-0.2, 0) is 0 Å². The van der Waals surface area contributed by atoms with Crippen LogP contribution in [0.1, 0.15) is 0 Å². The monoisotopic (exact) mass is 146 g/mol. The van der Waals surface area contributed by atoms with Gasteiger partial charge in [-0.25, -0.2) is 8.78 Å². The molecule has 0 aromatic rings. The lowest BCUT2D eigenvalue weighted by atomic mass is 10.5. The van der Waals surface area contributed by atoms with Gasteiger partial charge in [-0.1, -0.05) is 0 Å². The van der Waals surface area contributed by atoms with Gasteiger partial charge in [0.1, 0.15) is 0 Å². The quantitative estimate of drug-likeness (QED) is 0.393. The predicted molar refractivity (Wildman–Crippen MR) is 21.2 cm³/mol. The summed E-state index contributed by atoms with van der Waals surface area (Å²) >= 11 is 0. The summed E-state index contributed by atoms with van der Waals surface area (Å²) in [6.07, 6.45) is -8.36. The molecule has 0 heterocycles. The Hall–Kier alpha value is -0.610. The highest BCUT2D eigenvalue weighted by Crippen LogP contribution is 2.16. The molecule has 0 aromatic carbocycles. The highest BCUT2D eigenvalue weighted by Gasteiger charge is 2.22. The normalized spacial score (nSPS) is 13.6. The lowest BCUT2D eigenvalue weighted by Gasteiger charge is -1.95. The molecule has 0 saturated carbocycles. The molecule has 0 amide bonds. The van der Waals surface area contributed by atoms with Crippen molar-refractivity contribution in [2.75, 3.05) is 0 Å². The summed E-state index contributed by atoms with van der Waals surface area (Å²) in [5.41, 5.74) is 0. The fourth-order valence-electron chi connectivity index (χ4n) is 0.182. The van der Waals surface area contributed by atoms with Crippen LogP contribution in [0.25, 0.3) is 0 Å². The van der Waals surface area contributed by atoms with E-state index in [1.54, 1.807) is 0 Å². The summed E-state index contributed by atoms with van der Waals surface area (Å²) < 4.78 is 54.9. The third kappa shape index (κ3) is 7.39. The first kappa shape index (κ1) is 8.39. The number of hydrogen-bond donors (Lipinski definition) is 0. The Kier molecular flexibility index (Phi) is 2.61. The maximum atomic E-state index is 11.0. The van der Waals surface area contributed by atoms with Crippen molar-refractivity contribution < 1.29 is 22.0 Å². The van der Waals surface area contributed by atoms with Crippen LogP contribution in [0.2, 0.25) is 0 Å². The zero-order chi connectivity index (χ0) is 7.49. The van der Waals surface area contributed by atoms with Gasteiger partial charge in [-0.3, -0.25) is 0 Å². The Morgan fingerprint density at radius 3 is 1.67 bits per heavy atom. The average molecular weight is 146 g/mol. The topological polar surface area (TPSA) is 0 Å².